The SMILES string of the molecule is CCCNCc1cnc(Oc2ccc(F)c(Br)c2)c(Cl)c1. The number of hydrogen-bond acceptors (Lipinski definition) is 3. The van der Waals surface area contributed by atoms with Crippen LogP contribution < -0.4 is 10.1 Å². The Morgan fingerprint density at radius 3 is 2.86 bits per heavy atom. The number of pyridine rings is 1. The molecule has 1 aromatic heterocycles. The Hall–Kier alpha value is -1.17. The summed E-state index contributed by atoms with van der Waals surface area (Å²) in [5, 5.41) is 3.70. The molecule has 6 heteroatoms. The van der Waals surface area contributed by atoms with Crippen molar-refractivity contribution in [3.05, 3.63) is 51.3 Å². The summed E-state index contributed by atoms with van der Waals surface area (Å²) in [5.41, 5.74) is 0.987. The van der Waals surface area contributed by atoms with Crippen LogP contribution in [0.15, 0.2) is 34.9 Å². The molecule has 112 valence electrons. The van der Waals surface area contributed by atoms with Gasteiger partial charge in [-0.25, -0.2) is 9.37 Å². The molecule has 0 spiro atoms. The highest BCUT2D eigenvalue weighted by Gasteiger charge is 2.08. The van der Waals surface area contributed by atoms with Crippen LogP contribution in [0.3, 0.4) is 0 Å². The zero-order valence-electron chi connectivity index (χ0n) is 11.5. The number of rotatable bonds is 6. The molecule has 0 saturated carbocycles. The Kier molecular flexibility index (Phi) is 5.96. The van der Waals surface area contributed by atoms with Gasteiger partial charge in [0.1, 0.15) is 16.6 Å². The van der Waals surface area contributed by atoms with Gasteiger partial charge >= 0.3 is 0 Å². The van der Waals surface area contributed by atoms with E-state index in [1.54, 1.807) is 6.20 Å². The molecule has 21 heavy (non-hydrogen) atoms. The zero-order valence-corrected chi connectivity index (χ0v) is 13.8. The highest BCUT2D eigenvalue weighted by atomic mass is 79.9. The Bertz CT molecular complexity index is 625. The van der Waals surface area contributed by atoms with E-state index < -0.39 is 0 Å². The van der Waals surface area contributed by atoms with Crippen molar-refractivity contribution < 1.29 is 9.13 Å². The van der Waals surface area contributed by atoms with E-state index in [1.165, 1.54) is 18.2 Å². The lowest BCUT2D eigenvalue weighted by atomic mass is 10.3. The van der Waals surface area contributed by atoms with Gasteiger partial charge in [0.25, 0.3) is 0 Å². The van der Waals surface area contributed by atoms with Crippen molar-refractivity contribution in [1.29, 1.82) is 0 Å². The van der Waals surface area contributed by atoms with Gasteiger partial charge in [0.05, 0.1) is 4.47 Å². The summed E-state index contributed by atoms with van der Waals surface area (Å²) in [6.07, 6.45) is 2.78. The van der Waals surface area contributed by atoms with Gasteiger partial charge in [-0.1, -0.05) is 18.5 Å². The topological polar surface area (TPSA) is 34.2 Å². The molecule has 3 nitrogen and oxygen atoms in total. The molecule has 1 N–H and O–H groups in total. The first kappa shape index (κ1) is 16.2. The molecule has 2 rings (SSSR count). The maximum absolute atomic E-state index is 13.2. The van der Waals surface area contributed by atoms with Crippen molar-refractivity contribution in [1.82, 2.24) is 10.3 Å². The molecule has 0 atom stereocenters. The molecule has 0 radical (unpaired) electrons. The summed E-state index contributed by atoms with van der Waals surface area (Å²) < 4.78 is 19.1. The third-order valence-electron chi connectivity index (χ3n) is 2.73. The molecule has 0 saturated heterocycles. The first-order valence-electron chi connectivity index (χ1n) is 6.58. The van der Waals surface area contributed by atoms with E-state index in [-0.39, 0.29) is 5.82 Å². The van der Waals surface area contributed by atoms with Crippen molar-refractivity contribution in [3.63, 3.8) is 0 Å². The first-order valence-corrected chi connectivity index (χ1v) is 7.75. The van der Waals surface area contributed by atoms with Gasteiger partial charge < -0.3 is 10.1 Å². The predicted molar refractivity (Wildman–Crippen MR) is 85.4 cm³/mol. The minimum Gasteiger partial charge on any atom is -0.437 e. The van der Waals surface area contributed by atoms with Crippen molar-refractivity contribution in [2.45, 2.75) is 19.9 Å². The molecule has 0 unspecified atom stereocenters. The summed E-state index contributed by atoms with van der Waals surface area (Å²) >= 11 is 9.27. The molecular weight excluding hydrogens is 359 g/mol. The second-order valence-electron chi connectivity index (χ2n) is 4.49. The normalized spacial score (nSPS) is 10.7. The van der Waals surface area contributed by atoms with Crippen LogP contribution in [-0.4, -0.2) is 11.5 Å². The van der Waals surface area contributed by atoms with Crippen LogP contribution in [0.2, 0.25) is 5.02 Å². The molecule has 0 fully saturated rings. The van der Waals surface area contributed by atoms with Crippen LogP contribution in [0.5, 0.6) is 11.6 Å². The van der Waals surface area contributed by atoms with E-state index in [9.17, 15) is 4.39 Å². The number of hydrogen-bond donors (Lipinski definition) is 1. The van der Waals surface area contributed by atoms with E-state index >= 15 is 0 Å². The fourth-order valence-corrected chi connectivity index (χ4v) is 2.28. The largest absolute Gasteiger partial charge is 0.437 e. The molecule has 0 bridgehead atoms. The summed E-state index contributed by atoms with van der Waals surface area (Å²) in [6, 6.07) is 6.18. The minimum absolute atomic E-state index is 0.300. The minimum atomic E-state index is -0.348. The van der Waals surface area contributed by atoms with Crippen molar-refractivity contribution in [2.24, 2.45) is 0 Å². The number of nitrogens with zero attached hydrogens (tertiary/aromatic N) is 1. The quantitative estimate of drug-likeness (QED) is 0.729. The monoisotopic (exact) mass is 372 g/mol. The molecule has 0 aliphatic carbocycles. The third kappa shape index (κ3) is 4.66. The smallest absolute Gasteiger partial charge is 0.238 e. The summed E-state index contributed by atoms with van der Waals surface area (Å²) in [6.45, 7) is 3.76. The van der Waals surface area contributed by atoms with Crippen LogP contribution in [0.25, 0.3) is 0 Å². The second-order valence-corrected chi connectivity index (χ2v) is 5.75. The summed E-state index contributed by atoms with van der Waals surface area (Å²) in [5.74, 6) is 0.419. The maximum atomic E-state index is 13.2. The third-order valence-corrected chi connectivity index (χ3v) is 3.60. The first-order chi connectivity index (χ1) is 10.1. The fourth-order valence-electron chi connectivity index (χ4n) is 1.70. The highest BCUT2D eigenvalue weighted by Crippen LogP contribution is 2.30. The van der Waals surface area contributed by atoms with Crippen LogP contribution in [0.1, 0.15) is 18.9 Å². The lowest BCUT2D eigenvalue weighted by Crippen LogP contribution is -2.13. The Morgan fingerprint density at radius 2 is 2.19 bits per heavy atom. The van der Waals surface area contributed by atoms with Gasteiger partial charge in [-0.2, -0.15) is 0 Å². The average Bonchev–Trinajstić information content (AvgIpc) is 2.46. The maximum Gasteiger partial charge on any atom is 0.238 e. The number of nitrogens with one attached hydrogen (secondary N) is 1. The number of ether oxygens (including phenoxy) is 1. The van der Waals surface area contributed by atoms with E-state index in [0.717, 1.165) is 18.5 Å². The predicted octanol–water partition coefficient (Wildman–Crippen LogP) is 4.93. The highest BCUT2D eigenvalue weighted by molar-refractivity contribution is 9.10. The zero-order chi connectivity index (χ0) is 15.2. The van der Waals surface area contributed by atoms with Crippen LogP contribution in [0.4, 0.5) is 4.39 Å². The van der Waals surface area contributed by atoms with Gasteiger partial charge in [-0.05, 0) is 58.7 Å². The summed E-state index contributed by atoms with van der Waals surface area (Å²) in [4.78, 5) is 4.20. The molecule has 1 heterocycles. The molecule has 2 aromatic rings. The fraction of sp³-hybridized carbons (Fsp3) is 0.267. The Labute approximate surface area is 136 Å². The van der Waals surface area contributed by atoms with Crippen LogP contribution in [0, 0.1) is 5.82 Å². The lowest BCUT2D eigenvalue weighted by Gasteiger charge is -2.09. The Balaban J connectivity index is 2.08. The van der Waals surface area contributed by atoms with E-state index in [4.69, 9.17) is 16.3 Å². The van der Waals surface area contributed by atoms with Gasteiger partial charge in [0.15, 0.2) is 0 Å². The van der Waals surface area contributed by atoms with E-state index in [0.29, 0.717) is 27.7 Å². The van der Waals surface area contributed by atoms with E-state index in [2.05, 4.69) is 33.2 Å². The van der Waals surface area contributed by atoms with Gasteiger partial charge in [-0.15, -0.1) is 0 Å². The number of aromatic nitrogens is 1. The van der Waals surface area contributed by atoms with Crippen molar-refractivity contribution in [2.75, 3.05) is 6.54 Å². The number of halogens is 3. The van der Waals surface area contributed by atoms with Crippen molar-refractivity contribution in [3.8, 4) is 11.6 Å². The average molecular weight is 374 g/mol. The molecule has 0 aliphatic heterocycles. The standard InChI is InChI=1S/C15H15BrClFN2O/c1-2-5-19-8-10-6-13(17)15(20-9-10)21-11-3-4-14(18)12(16)7-11/h3-4,6-7,9,19H,2,5,8H2,1H3. The van der Waals surface area contributed by atoms with Crippen molar-refractivity contribution >= 4 is 27.5 Å². The van der Waals surface area contributed by atoms with Crippen LogP contribution >= 0.6 is 27.5 Å². The molecular formula is C15H15BrClFN2O. The molecule has 0 amide bonds. The van der Waals surface area contributed by atoms with Crippen LogP contribution in [-0.2, 0) is 6.54 Å². The van der Waals surface area contributed by atoms with Gasteiger partial charge in [-0.3, -0.25) is 0 Å². The lowest BCUT2D eigenvalue weighted by molar-refractivity contribution is 0.460. The van der Waals surface area contributed by atoms with Gasteiger partial charge in [0, 0.05) is 12.7 Å². The van der Waals surface area contributed by atoms with Gasteiger partial charge in [0.2, 0.25) is 5.88 Å². The molecule has 1 aromatic carbocycles. The van der Waals surface area contributed by atoms with E-state index in [1.807, 2.05) is 6.07 Å². The second kappa shape index (κ2) is 7.73. The summed E-state index contributed by atoms with van der Waals surface area (Å²) in [7, 11) is 0. The number of benzene rings is 1. The Morgan fingerprint density at radius 1 is 1.38 bits per heavy atom. The molecule has 0 aliphatic rings.